The number of hydrogen-bond donors (Lipinski definition) is 2. The molecule has 0 spiro atoms. The van der Waals surface area contributed by atoms with Gasteiger partial charge in [-0.3, -0.25) is 4.79 Å². The van der Waals surface area contributed by atoms with Gasteiger partial charge in [0.05, 0.1) is 0 Å². The number of amides is 1. The molecule has 0 aromatic carbocycles. The van der Waals surface area contributed by atoms with Gasteiger partial charge in [-0.1, -0.05) is 45.4 Å². The Morgan fingerprint density at radius 3 is 2.45 bits per heavy atom. The minimum atomic E-state index is 0.168. The van der Waals surface area contributed by atoms with Crippen LogP contribution in [0.4, 0.5) is 0 Å². The average Bonchev–Trinajstić information content (AvgIpc) is 2.95. The van der Waals surface area contributed by atoms with E-state index >= 15 is 0 Å². The lowest BCUT2D eigenvalue weighted by Crippen LogP contribution is -2.44. The first kappa shape index (κ1) is 15.8. The lowest BCUT2D eigenvalue weighted by atomic mass is 9.78. The van der Waals surface area contributed by atoms with Gasteiger partial charge in [0.2, 0.25) is 5.91 Å². The molecule has 1 amide bonds. The molecule has 116 valence electrons. The second kappa shape index (κ2) is 7.44. The standard InChI is InChI=1S/C17H32N2O/c1-12(14-7-4-3-5-8-14)13(2)19-17(20)16-10-6-9-15(16)11-18/h12-16H,3-11,18H2,1-2H3,(H,19,20)/t12?,13?,15-,16-/m1/s1. The zero-order valence-electron chi connectivity index (χ0n) is 13.2. The van der Waals surface area contributed by atoms with E-state index in [1.54, 1.807) is 0 Å². The fourth-order valence-electron chi connectivity index (χ4n) is 4.20. The van der Waals surface area contributed by atoms with E-state index in [1.807, 2.05) is 0 Å². The van der Waals surface area contributed by atoms with Crippen LogP contribution >= 0.6 is 0 Å². The second-order valence-electron chi connectivity index (χ2n) is 7.09. The Balaban J connectivity index is 1.83. The normalized spacial score (nSPS) is 30.9. The van der Waals surface area contributed by atoms with Crippen molar-refractivity contribution >= 4 is 5.91 Å². The molecule has 0 aromatic rings. The molecule has 0 radical (unpaired) electrons. The molecule has 2 saturated carbocycles. The van der Waals surface area contributed by atoms with Gasteiger partial charge >= 0.3 is 0 Å². The molecule has 2 rings (SSSR count). The van der Waals surface area contributed by atoms with Gasteiger partial charge < -0.3 is 11.1 Å². The molecule has 0 aromatic heterocycles. The maximum Gasteiger partial charge on any atom is 0.223 e. The highest BCUT2D eigenvalue weighted by molar-refractivity contribution is 5.79. The van der Waals surface area contributed by atoms with E-state index in [4.69, 9.17) is 5.73 Å². The minimum Gasteiger partial charge on any atom is -0.353 e. The first-order valence-corrected chi connectivity index (χ1v) is 8.64. The van der Waals surface area contributed by atoms with Crippen molar-refractivity contribution in [2.24, 2.45) is 29.4 Å². The van der Waals surface area contributed by atoms with Crippen molar-refractivity contribution in [2.45, 2.75) is 71.3 Å². The Kier molecular flexibility index (Phi) is 5.88. The van der Waals surface area contributed by atoms with Crippen LogP contribution in [0.3, 0.4) is 0 Å². The van der Waals surface area contributed by atoms with Gasteiger partial charge in [-0.15, -0.1) is 0 Å². The highest BCUT2D eigenvalue weighted by atomic mass is 16.2. The van der Waals surface area contributed by atoms with E-state index in [0.717, 1.165) is 25.2 Å². The smallest absolute Gasteiger partial charge is 0.223 e. The lowest BCUT2D eigenvalue weighted by molar-refractivity contribution is -0.127. The zero-order valence-corrected chi connectivity index (χ0v) is 13.2. The predicted molar refractivity (Wildman–Crippen MR) is 83.2 cm³/mol. The summed E-state index contributed by atoms with van der Waals surface area (Å²) in [7, 11) is 0. The van der Waals surface area contributed by atoms with E-state index in [-0.39, 0.29) is 11.8 Å². The van der Waals surface area contributed by atoms with Gasteiger partial charge in [-0.05, 0) is 44.1 Å². The summed E-state index contributed by atoms with van der Waals surface area (Å²) < 4.78 is 0. The Morgan fingerprint density at radius 1 is 1.10 bits per heavy atom. The van der Waals surface area contributed by atoms with Crippen LogP contribution in [-0.2, 0) is 4.79 Å². The first-order valence-electron chi connectivity index (χ1n) is 8.64. The molecule has 2 aliphatic rings. The number of nitrogens with two attached hydrogens (primary N) is 1. The summed E-state index contributed by atoms with van der Waals surface area (Å²) in [5.41, 5.74) is 5.79. The summed E-state index contributed by atoms with van der Waals surface area (Å²) in [6, 6.07) is 0.296. The van der Waals surface area contributed by atoms with E-state index in [1.165, 1.54) is 32.1 Å². The summed E-state index contributed by atoms with van der Waals surface area (Å²) in [4.78, 5) is 12.4. The highest BCUT2D eigenvalue weighted by Gasteiger charge is 2.33. The molecule has 2 aliphatic carbocycles. The summed E-state index contributed by atoms with van der Waals surface area (Å²) in [6.07, 6.45) is 10.1. The Morgan fingerprint density at radius 2 is 1.80 bits per heavy atom. The highest BCUT2D eigenvalue weighted by Crippen LogP contribution is 2.33. The van der Waals surface area contributed by atoms with Crippen LogP contribution in [0.5, 0.6) is 0 Å². The third kappa shape index (κ3) is 3.75. The van der Waals surface area contributed by atoms with Crippen molar-refractivity contribution in [3.05, 3.63) is 0 Å². The van der Waals surface area contributed by atoms with Gasteiger partial charge in [-0.2, -0.15) is 0 Å². The summed E-state index contributed by atoms with van der Waals surface area (Å²) in [5, 5.41) is 3.29. The molecule has 2 fully saturated rings. The number of nitrogens with one attached hydrogen (secondary N) is 1. The van der Waals surface area contributed by atoms with Crippen LogP contribution in [0.2, 0.25) is 0 Å². The maximum atomic E-state index is 12.4. The number of carbonyl (C=O) groups is 1. The molecule has 0 bridgehead atoms. The van der Waals surface area contributed by atoms with E-state index < -0.39 is 0 Å². The molecular weight excluding hydrogens is 248 g/mol. The van der Waals surface area contributed by atoms with Crippen LogP contribution in [0.1, 0.15) is 65.2 Å². The van der Waals surface area contributed by atoms with Crippen molar-refractivity contribution in [2.75, 3.05) is 6.54 Å². The third-order valence-corrected chi connectivity index (χ3v) is 5.85. The van der Waals surface area contributed by atoms with Crippen molar-refractivity contribution in [1.29, 1.82) is 0 Å². The molecule has 0 heterocycles. The van der Waals surface area contributed by atoms with Crippen LogP contribution in [0.15, 0.2) is 0 Å². The van der Waals surface area contributed by atoms with Crippen molar-refractivity contribution < 1.29 is 4.79 Å². The summed E-state index contributed by atoms with van der Waals surface area (Å²) in [5.74, 6) is 2.23. The molecule has 4 atom stereocenters. The number of hydrogen-bond acceptors (Lipinski definition) is 2. The maximum absolute atomic E-state index is 12.4. The van der Waals surface area contributed by atoms with Gasteiger partial charge in [0.25, 0.3) is 0 Å². The van der Waals surface area contributed by atoms with Crippen LogP contribution in [0.25, 0.3) is 0 Å². The quantitative estimate of drug-likeness (QED) is 0.813. The van der Waals surface area contributed by atoms with Crippen LogP contribution in [0, 0.1) is 23.7 Å². The topological polar surface area (TPSA) is 55.1 Å². The Hall–Kier alpha value is -0.570. The van der Waals surface area contributed by atoms with E-state index in [9.17, 15) is 4.79 Å². The van der Waals surface area contributed by atoms with Crippen molar-refractivity contribution in [3.8, 4) is 0 Å². The molecule has 3 N–H and O–H groups in total. The molecule has 0 saturated heterocycles. The van der Waals surface area contributed by atoms with Gasteiger partial charge in [0.15, 0.2) is 0 Å². The van der Waals surface area contributed by atoms with Crippen LogP contribution in [-0.4, -0.2) is 18.5 Å². The third-order valence-electron chi connectivity index (χ3n) is 5.85. The molecular formula is C17H32N2O. The molecule has 2 unspecified atom stereocenters. The minimum absolute atomic E-state index is 0.168. The number of rotatable bonds is 5. The molecule has 0 aliphatic heterocycles. The monoisotopic (exact) mass is 280 g/mol. The largest absolute Gasteiger partial charge is 0.353 e. The van der Waals surface area contributed by atoms with Crippen LogP contribution < -0.4 is 11.1 Å². The fourth-order valence-corrected chi connectivity index (χ4v) is 4.20. The molecule has 3 heteroatoms. The summed E-state index contributed by atoms with van der Waals surface area (Å²) in [6.45, 7) is 5.16. The van der Waals surface area contributed by atoms with Crippen molar-refractivity contribution in [1.82, 2.24) is 5.32 Å². The molecule has 20 heavy (non-hydrogen) atoms. The van der Waals surface area contributed by atoms with Crippen molar-refractivity contribution in [3.63, 3.8) is 0 Å². The fraction of sp³-hybridized carbons (Fsp3) is 0.941. The lowest BCUT2D eigenvalue weighted by Gasteiger charge is -2.33. The second-order valence-corrected chi connectivity index (χ2v) is 7.09. The predicted octanol–water partition coefficient (Wildman–Crippen LogP) is 3.08. The zero-order chi connectivity index (χ0) is 14.5. The average molecular weight is 280 g/mol. The first-order chi connectivity index (χ1) is 9.63. The Bertz CT molecular complexity index is 312. The summed E-state index contributed by atoms with van der Waals surface area (Å²) >= 11 is 0. The van der Waals surface area contributed by atoms with Gasteiger partial charge in [0, 0.05) is 12.0 Å². The van der Waals surface area contributed by atoms with Gasteiger partial charge in [0.1, 0.15) is 0 Å². The van der Waals surface area contributed by atoms with Gasteiger partial charge in [-0.25, -0.2) is 0 Å². The SMILES string of the molecule is CC(NC(=O)[C@@H]1CCC[C@@H]1CN)C(C)C1CCCCC1. The Labute approximate surface area is 124 Å². The number of carbonyl (C=O) groups excluding carboxylic acids is 1. The molecule has 3 nitrogen and oxygen atoms in total. The van der Waals surface area contributed by atoms with E-state index in [0.29, 0.717) is 24.4 Å². The van der Waals surface area contributed by atoms with E-state index in [2.05, 4.69) is 19.2 Å².